The number of imidazole rings is 1. The zero-order valence-corrected chi connectivity index (χ0v) is 13.2. The van der Waals surface area contributed by atoms with Gasteiger partial charge in [-0.05, 0) is 30.5 Å². The van der Waals surface area contributed by atoms with Gasteiger partial charge >= 0.3 is 0 Å². The van der Waals surface area contributed by atoms with E-state index in [2.05, 4.69) is 9.55 Å². The lowest BCUT2D eigenvalue weighted by atomic mass is 9.83. The smallest absolute Gasteiger partial charge is 0.138 e. The Kier molecular flexibility index (Phi) is 3.53. The van der Waals surface area contributed by atoms with Crippen molar-refractivity contribution in [3.63, 3.8) is 0 Å². The molecule has 0 amide bonds. The van der Waals surface area contributed by atoms with Crippen LogP contribution in [-0.2, 0) is 4.79 Å². The van der Waals surface area contributed by atoms with Crippen molar-refractivity contribution in [3.8, 4) is 11.3 Å². The third kappa shape index (κ3) is 2.28. The summed E-state index contributed by atoms with van der Waals surface area (Å²) in [5.74, 6) is 0.654. The Hall–Kier alpha value is -1.61. The third-order valence-corrected chi connectivity index (χ3v) is 5.34. The lowest BCUT2D eigenvalue weighted by Crippen LogP contribution is -2.21. The first-order valence-electron chi connectivity index (χ1n) is 8.08. The van der Waals surface area contributed by atoms with E-state index < -0.39 is 0 Å². The fourth-order valence-electron chi connectivity index (χ4n) is 3.94. The predicted octanol–water partition coefficient (Wildman–Crippen LogP) is 4.65. The van der Waals surface area contributed by atoms with Crippen molar-refractivity contribution in [3.05, 3.63) is 41.3 Å². The highest BCUT2D eigenvalue weighted by Gasteiger charge is 2.32. The van der Waals surface area contributed by atoms with Crippen molar-refractivity contribution < 1.29 is 4.79 Å². The number of rotatable bonds is 3. The molecule has 22 heavy (non-hydrogen) atoms. The van der Waals surface area contributed by atoms with Crippen LogP contribution in [0.25, 0.3) is 11.3 Å². The molecule has 0 saturated heterocycles. The molecular weight excluding hydrogens is 296 g/mol. The summed E-state index contributed by atoms with van der Waals surface area (Å²) in [5.41, 5.74) is 3.41. The van der Waals surface area contributed by atoms with Gasteiger partial charge in [0.25, 0.3) is 0 Å². The maximum absolute atomic E-state index is 12.7. The maximum atomic E-state index is 12.7. The fourth-order valence-corrected chi connectivity index (χ4v) is 4.12. The van der Waals surface area contributed by atoms with E-state index in [1.165, 1.54) is 19.3 Å². The molecule has 1 atom stereocenters. The zero-order valence-electron chi connectivity index (χ0n) is 12.5. The normalized spacial score (nSPS) is 20.7. The minimum absolute atomic E-state index is 0.0561. The topological polar surface area (TPSA) is 34.9 Å². The number of ketones is 1. The Morgan fingerprint density at radius 1 is 1.27 bits per heavy atom. The summed E-state index contributed by atoms with van der Waals surface area (Å²) < 4.78 is 2.13. The Bertz CT molecular complexity index is 716. The second-order valence-electron chi connectivity index (χ2n) is 6.44. The maximum Gasteiger partial charge on any atom is 0.138 e. The molecule has 0 N–H and O–H groups in total. The lowest BCUT2D eigenvalue weighted by Gasteiger charge is -2.22. The standard InChI is InChI=1S/C18H19ClN2O/c19-13-6-7-14-15(8-13)16(21-11-20-10-17(14)21)9-18(22)12-4-2-1-3-5-12/h6-8,10-12,16H,1-5,9H2. The van der Waals surface area contributed by atoms with E-state index in [1.807, 2.05) is 30.7 Å². The van der Waals surface area contributed by atoms with Crippen LogP contribution in [-0.4, -0.2) is 15.3 Å². The number of hydrogen-bond acceptors (Lipinski definition) is 2. The van der Waals surface area contributed by atoms with Gasteiger partial charge in [0.15, 0.2) is 0 Å². The first-order valence-corrected chi connectivity index (χ1v) is 8.46. The van der Waals surface area contributed by atoms with Gasteiger partial charge < -0.3 is 4.57 Å². The highest BCUT2D eigenvalue weighted by atomic mass is 35.5. The largest absolute Gasteiger partial charge is 0.323 e. The molecule has 0 radical (unpaired) electrons. The van der Waals surface area contributed by atoms with Gasteiger partial charge in [-0.3, -0.25) is 4.79 Å². The number of hydrogen-bond donors (Lipinski definition) is 0. The molecule has 3 nitrogen and oxygen atoms in total. The summed E-state index contributed by atoms with van der Waals surface area (Å²) in [6.07, 6.45) is 10.0. The number of carbonyl (C=O) groups is 1. The van der Waals surface area contributed by atoms with Crippen LogP contribution in [0.15, 0.2) is 30.7 Å². The minimum Gasteiger partial charge on any atom is -0.323 e. The van der Waals surface area contributed by atoms with E-state index in [4.69, 9.17) is 11.6 Å². The van der Waals surface area contributed by atoms with Gasteiger partial charge in [0.1, 0.15) is 5.78 Å². The van der Waals surface area contributed by atoms with Crippen LogP contribution in [0.3, 0.4) is 0 Å². The van der Waals surface area contributed by atoms with E-state index in [0.29, 0.717) is 12.2 Å². The van der Waals surface area contributed by atoms with E-state index in [-0.39, 0.29) is 12.0 Å². The van der Waals surface area contributed by atoms with Crippen molar-refractivity contribution >= 4 is 17.4 Å². The van der Waals surface area contributed by atoms with E-state index in [1.54, 1.807) is 0 Å². The minimum atomic E-state index is 0.0561. The summed E-state index contributed by atoms with van der Waals surface area (Å²) in [6, 6.07) is 6.00. The summed E-state index contributed by atoms with van der Waals surface area (Å²) in [4.78, 5) is 17.0. The van der Waals surface area contributed by atoms with Crippen LogP contribution in [0.2, 0.25) is 5.02 Å². The van der Waals surface area contributed by atoms with Crippen molar-refractivity contribution in [2.75, 3.05) is 0 Å². The molecule has 4 rings (SSSR count). The molecule has 4 heteroatoms. The Morgan fingerprint density at radius 3 is 2.91 bits per heavy atom. The molecule has 2 heterocycles. The molecule has 1 fully saturated rings. The molecule has 1 aliphatic heterocycles. The number of nitrogens with zero attached hydrogens (tertiary/aromatic N) is 2. The number of benzene rings is 1. The van der Waals surface area contributed by atoms with Crippen LogP contribution in [0.5, 0.6) is 0 Å². The van der Waals surface area contributed by atoms with Gasteiger partial charge in [0, 0.05) is 22.9 Å². The van der Waals surface area contributed by atoms with E-state index >= 15 is 0 Å². The average Bonchev–Trinajstić information content (AvgIpc) is 3.11. The summed E-state index contributed by atoms with van der Waals surface area (Å²) in [7, 11) is 0. The van der Waals surface area contributed by atoms with Crippen LogP contribution in [0.4, 0.5) is 0 Å². The van der Waals surface area contributed by atoms with Crippen molar-refractivity contribution in [2.24, 2.45) is 5.92 Å². The van der Waals surface area contributed by atoms with E-state index in [9.17, 15) is 4.79 Å². The van der Waals surface area contributed by atoms with Crippen molar-refractivity contribution in [2.45, 2.75) is 44.6 Å². The quantitative estimate of drug-likeness (QED) is 0.826. The zero-order chi connectivity index (χ0) is 15.1. The van der Waals surface area contributed by atoms with Gasteiger partial charge in [-0.2, -0.15) is 0 Å². The molecule has 0 bridgehead atoms. The Labute approximate surface area is 135 Å². The van der Waals surface area contributed by atoms with Crippen molar-refractivity contribution in [1.29, 1.82) is 0 Å². The first-order chi connectivity index (χ1) is 10.7. The molecule has 2 aliphatic rings. The second kappa shape index (κ2) is 5.54. The summed E-state index contributed by atoms with van der Waals surface area (Å²) in [5, 5.41) is 0.729. The molecule has 1 aliphatic carbocycles. The van der Waals surface area contributed by atoms with E-state index in [0.717, 1.165) is 34.7 Å². The number of carbonyl (C=O) groups excluding carboxylic acids is 1. The highest BCUT2D eigenvalue weighted by molar-refractivity contribution is 6.30. The second-order valence-corrected chi connectivity index (χ2v) is 6.88. The molecule has 114 valence electrons. The average molecular weight is 315 g/mol. The molecule has 1 unspecified atom stereocenters. The summed E-state index contributed by atoms with van der Waals surface area (Å²) >= 11 is 6.17. The molecule has 1 aromatic heterocycles. The molecule has 0 spiro atoms. The fraction of sp³-hybridized carbons (Fsp3) is 0.444. The van der Waals surface area contributed by atoms with Crippen molar-refractivity contribution in [1.82, 2.24) is 9.55 Å². The summed E-state index contributed by atoms with van der Waals surface area (Å²) in [6.45, 7) is 0. The van der Waals surface area contributed by atoms with Crippen LogP contribution in [0.1, 0.15) is 50.1 Å². The Morgan fingerprint density at radius 2 is 2.09 bits per heavy atom. The molecule has 1 aromatic carbocycles. The van der Waals surface area contributed by atoms with Crippen LogP contribution < -0.4 is 0 Å². The SMILES string of the molecule is O=C(CC1c2cc(Cl)ccc2-c2cncn21)C1CCCCC1. The highest BCUT2D eigenvalue weighted by Crippen LogP contribution is 2.42. The molecule has 1 saturated carbocycles. The van der Waals surface area contributed by atoms with Gasteiger partial charge in [-0.25, -0.2) is 4.98 Å². The predicted molar refractivity (Wildman–Crippen MR) is 87.0 cm³/mol. The Balaban J connectivity index is 1.64. The number of halogens is 1. The van der Waals surface area contributed by atoms with Gasteiger partial charge in [0.05, 0.1) is 24.3 Å². The third-order valence-electron chi connectivity index (χ3n) is 5.11. The number of fused-ring (bicyclic) bond motifs is 3. The van der Waals surface area contributed by atoms with Gasteiger partial charge in [-0.1, -0.05) is 36.9 Å². The van der Waals surface area contributed by atoms with Gasteiger partial charge in [0.2, 0.25) is 0 Å². The monoisotopic (exact) mass is 314 g/mol. The molecular formula is C18H19ClN2O. The molecule has 2 aromatic rings. The lowest BCUT2D eigenvalue weighted by molar-refractivity contribution is -0.124. The van der Waals surface area contributed by atoms with Crippen LogP contribution in [0, 0.1) is 5.92 Å². The number of Topliss-reactive ketones (excluding diaryl/α,β-unsaturated/α-hetero) is 1. The number of aromatic nitrogens is 2. The van der Waals surface area contributed by atoms with Crippen LogP contribution >= 0.6 is 11.6 Å². The first kappa shape index (κ1) is 14.0. The van der Waals surface area contributed by atoms with Gasteiger partial charge in [-0.15, -0.1) is 0 Å².